The predicted molar refractivity (Wildman–Crippen MR) is 79.4 cm³/mol. The Morgan fingerprint density at radius 3 is 2.74 bits per heavy atom. The first-order chi connectivity index (χ1) is 9.10. The van der Waals surface area contributed by atoms with Crippen molar-refractivity contribution in [1.29, 1.82) is 0 Å². The third-order valence-electron chi connectivity index (χ3n) is 2.78. The number of hydrogen-bond donors (Lipinski definition) is 2. The van der Waals surface area contributed by atoms with Gasteiger partial charge in [-0.25, -0.2) is 15.0 Å². The Morgan fingerprint density at radius 2 is 2.11 bits per heavy atom. The van der Waals surface area contributed by atoms with Gasteiger partial charge in [-0.15, -0.1) is 11.3 Å². The van der Waals surface area contributed by atoms with Gasteiger partial charge in [0.25, 0.3) is 0 Å². The minimum atomic E-state index is 0.552. The molecule has 0 fully saturated rings. The van der Waals surface area contributed by atoms with Crippen LogP contribution in [0.15, 0.2) is 6.20 Å². The number of rotatable bonds is 5. The lowest BCUT2D eigenvalue weighted by atomic mass is 10.2. The molecule has 0 aliphatic carbocycles. The summed E-state index contributed by atoms with van der Waals surface area (Å²) in [5.41, 5.74) is 6.82. The number of anilines is 2. The van der Waals surface area contributed by atoms with Crippen LogP contribution in [0.4, 0.5) is 11.6 Å². The number of hydrogen-bond acceptors (Lipinski definition) is 6. The maximum absolute atomic E-state index is 5.92. The van der Waals surface area contributed by atoms with E-state index < -0.39 is 0 Å². The van der Waals surface area contributed by atoms with E-state index in [2.05, 4.69) is 34.1 Å². The van der Waals surface area contributed by atoms with E-state index in [1.54, 1.807) is 11.3 Å². The first-order valence-electron chi connectivity index (χ1n) is 6.38. The van der Waals surface area contributed by atoms with E-state index in [1.807, 2.05) is 13.1 Å². The van der Waals surface area contributed by atoms with Crippen molar-refractivity contribution in [1.82, 2.24) is 15.0 Å². The van der Waals surface area contributed by atoms with E-state index in [0.717, 1.165) is 35.1 Å². The maximum Gasteiger partial charge on any atom is 0.135 e. The lowest BCUT2D eigenvalue weighted by Crippen LogP contribution is -2.09. The molecule has 19 heavy (non-hydrogen) atoms. The van der Waals surface area contributed by atoms with Gasteiger partial charge in [-0.3, -0.25) is 0 Å². The van der Waals surface area contributed by atoms with Crippen molar-refractivity contribution < 1.29 is 0 Å². The molecule has 0 unspecified atom stereocenters. The van der Waals surface area contributed by atoms with Crippen molar-refractivity contribution in [3.63, 3.8) is 0 Å². The fourth-order valence-corrected chi connectivity index (χ4v) is 2.46. The standard InChI is InChI=1S/C13H19N5S/c1-4-5-10-17-12(14)9(3)13(18-10)16-7-11-15-6-8(2)19-11/h6H,4-5,7H2,1-3H3,(H3,14,16,17,18). The second kappa shape index (κ2) is 5.97. The van der Waals surface area contributed by atoms with Gasteiger partial charge >= 0.3 is 0 Å². The lowest BCUT2D eigenvalue weighted by Gasteiger charge is -2.10. The number of nitrogens with two attached hydrogens (primary N) is 1. The number of nitrogens with one attached hydrogen (secondary N) is 1. The van der Waals surface area contributed by atoms with E-state index in [-0.39, 0.29) is 0 Å². The fourth-order valence-electron chi connectivity index (χ4n) is 1.73. The van der Waals surface area contributed by atoms with E-state index in [9.17, 15) is 0 Å². The number of aromatic nitrogens is 3. The second-order valence-corrected chi connectivity index (χ2v) is 5.79. The fraction of sp³-hybridized carbons (Fsp3) is 0.462. The van der Waals surface area contributed by atoms with Gasteiger partial charge in [-0.05, 0) is 20.3 Å². The van der Waals surface area contributed by atoms with Crippen molar-refractivity contribution in [2.24, 2.45) is 0 Å². The normalized spacial score (nSPS) is 10.7. The number of nitrogen functional groups attached to an aromatic ring is 1. The van der Waals surface area contributed by atoms with Crippen LogP contribution in [-0.2, 0) is 13.0 Å². The van der Waals surface area contributed by atoms with Crippen LogP contribution in [0.2, 0.25) is 0 Å². The van der Waals surface area contributed by atoms with Gasteiger partial charge in [-0.1, -0.05) is 6.92 Å². The number of nitrogens with zero attached hydrogens (tertiary/aromatic N) is 3. The molecule has 2 aromatic rings. The topological polar surface area (TPSA) is 76.7 Å². The largest absolute Gasteiger partial charge is 0.383 e. The summed E-state index contributed by atoms with van der Waals surface area (Å²) in [6.07, 6.45) is 3.73. The summed E-state index contributed by atoms with van der Waals surface area (Å²) in [6.45, 7) is 6.75. The molecule has 0 radical (unpaired) electrons. The van der Waals surface area contributed by atoms with Gasteiger partial charge in [0.05, 0.1) is 6.54 Å². The summed E-state index contributed by atoms with van der Waals surface area (Å²) in [5.74, 6) is 2.16. The van der Waals surface area contributed by atoms with Crippen molar-refractivity contribution in [2.45, 2.75) is 40.2 Å². The van der Waals surface area contributed by atoms with Crippen LogP contribution in [0.3, 0.4) is 0 Å². The molecular formula is C13H19N5S. The van der Waals surface area contributed by atoms with Gasteiger partial charge in [0.1, 0.15) is 22.5 Å². The Balaban J connectivity index is 2.14. The summed E-state index contributed by atoms with van der Waals surface area (Å²) >= 11 is 1.68. The van der Waals surface area contributed by atoms with Gasteiger partial charge < -0.3 is 11.1 Å². The highest BCUT2D eigenvalue weighted by Crippen LogP contribution is 2.19. The zero-order valence-corrected chi connectivity index (χ0v) is 12.3. The van der Waals surface area contributed by atoms with Gasteiger partial charge in [0.15, 0.2) is 0 Å². The van der Waals surface area contributed by atoms with Crippen molar-refractivity contribution >= 4 is 23.0 Å². The molecule has 0 bridgehead atoms. The molecule has 5 nitrogen and oxygen atoms in total. The second-order valence-electron chi connectivity index (χ2n) is 4.47. The third-order valence-corrected chi connectivity index (χ3v) is 3.69. The smallest absolute Gasteiger partial charge is 0.135 e. The molecule has 0 amide bonds. The van der Waals surface area contributed by atoms with E-state index in [0.29, 0.717) is 12.4 Å². The average molecular weight is 277 g/mol. The Hall–Kier alpha value is -1.69. The van der Waals surface area contributed by atoms with Gasteiger partial charge in [0.2, 0.25) is 0 Å². The quantitative estimate of drug-likeness (QED) is 0.878. The number of thiazole rings is 1. The Labute approximate surface area is 117 Å². The molecule has 6 heteroatoms. The summed E-state index contributed by atoms with van der Waals surface area (Å²) in [6, 6.07) is 0. The summed E-state index contributed by atoms with van der Waals surface area (Å²) in [5, 5.41) is 4.35. The van der Waals surface area contributed by atoms with Crippen LogP contribution in [0.1, 0.15) is 34.6 Å². The molecule has 0 aliphatic heterocycles. The summed E-state index contributed by atoms with van der Waals surface area (Å²) in [7, 11) is 0. The molecule has 102 valence electrons. The molecule has 0 saturated heterocycles. The average Bonchev–Trinajstić information content (AvgIpc) is 2.78. The predicted octanol–water partition coefficient (Wildman–Crippen LogP) is 2.70. The highest BCUT2D eigenvalue weighted by molar-refractivity contribution is 7.11. The first-order valence-corrected chi connectivity index (χ1v) is 7.20. The molecule has 0 spiro atoms. The molecule has 0 aromatic carbocycles. The molecule has 3 N–H and O–H groups in total. The van der Waals surface area contributed by atoms with Gasteiger partial charge in [0, 0.05) is 23.1 Å². The SMILES string of the molecule is CCCc1nc(N)c(C)c(NCc2ncc(C)s2)n1. The van der Waals surface area contributed by atoms with Crippen molar-refractivity contribution in [3.8, 4) is 0 Å². The van der Waals surface area contributed by atoms with E-state index >= 15 is 0 Å². The van der Waals surface area contributed by atoms with E-state index in [4.69, 9.17) is 5.73 Å². The monoisotopic (exact) mass is 277 g/mol. The molecule has 0 saturated carbocycles. The third kappa shape index (κ3) is 3.41. The van der Waals surface area contributed by atoms with Crippen LogP contribution in [0.5, 0.6) is 0 Å². The van der Waals surface area contributed by atoms with Crippen LogP contribution >= 0.6 is 11.3 Å². The highest BCUT2D eigenvalue weighted by atomic mass is 32.1. The lowest BCUT2D eigenvalue weighted by molar-refractivity contribution is 0.833. The summed E-state index contributed by atoms with van der Waals surface area (Å²) in [4.78, 5) is 14.3. The zero-order valence-electron chi connectivity index (χ0n) is 11.5. The van der Waals surface area contributed by atoms with Crippen molar-refractivity contribution in [3.05, 3.63) is 27.5 Å². The number of aryl methyl sites for hydroxylation is 2. The Bertz CT molecular complexity index is 564. The Morgan fingerprint density at radius 1 is 1.32 bits per heavy atom. The van der Waals surface area contributed by atoms with Gasteiger partial charge in [-0.2, -0.15) is 0 Å². The first kappa shape index (κ1) is 13.7. The van der Waals surface area contributed by atoms with Crippen LogP contribution in [-0.4, -0.2) is 15.0 Å². The molecule has 2 aromatic heterocycles. The minimum Gasteiger partial charge on any atom is -0.383 e. The zero-order chi connectivity index (χ0) is 13.8. The molecule has 0 aliphatic rings. The van der Waals surface area contributed by atoms with Crippen LogP contribution in [0.25, 0.3) is 0 Å². The van der Waals surface area contributed by atoms with Crippen molar-refractivity contribution in [2.75, 3.05) is 11.1 Å². The van der Waals surface area contributed by atoms with E-state index in [1.165, 1.54) is 4.88 Å². The Kier molecular flexibility index (Phi) is 4.31. The minimum absolute atomic E-state index is 0.552. The molecular weight excluding hydrogens is 258 g/mol. The summed E-state index contributed by atoms with van der Waals surface area (Å²) < 4.78 is 0. The molecule has 2 rings (SSSR count). The highest BCUT2D eigenvalue weighted by Gasteiger charge is 2.08. The maximum atomic E-state index is 5.92. The molecule has 2 heterocycles. The molecule has 0 atom stereocenters. The van der Waals surface area contributed by atoms with Crippen LogP contribution < -0.4 is 11.1 Å². The van der Waals surface area contributed by atoms with Crippen LogP contribution in [0, 0.1) is 13.8 Å².